The minimum atomic E-state index is -4.70. The highest BCUT2D eigenvalue weighted by molar-refractivity contribution is 7.92. The van der Waals surface area contributed by atoms with Crippen LogP contribution in [-0.4, -0.2) is 45.0 Å². The van der Waals surface area contributed by atoms with Gasteiger partial charge in [-0.3, -0.25) is 14.0 Å². The summed E-state index contributed by atoms with van der Waals surface area (Å²) in [6, 6.07) is 15.7. The number of benzene rings is 3. The number of ether oxygens (including phenoxy) is 1. The van der Waals surface area contributed by atoms with Gasteiger partial charge in [-0.15, -0.1) is 0 Å². The van der Waals surface area contributed by atoms with Crippen LogP contribution in [0.15, 0.2) is 71.6 Å². The average molecular weight is 628 g/mol. The van der Waals surface area contributed by atoms with Gasteiger partial charge in [0.2, 0.25) is 5.91 Å². The molecule has 2 atom stereocenters. The molecule has 0 aromatic heterocycles. The van der Waals surface area contributed by atoms with Crippen molar-refractivity contribution >= 4 is 21.6 Å². The predicted octanol–water partition coefficient (Wildman–Crippen LogP) is 6.23. The number of alkyl halides is 3. The molecule has 3 heterocycles. The van der Waals surface area contributed by atoms with Gasteiger partial charge in [-0.2, -0.15) is 13.2 Å². The SMILES string of the molecule is O=C(C[C@@H]1CCc2ccccc2N1S(=O)(=O)c1cccc(C(F)(F)F)c1)N[C@@H]1CCOc2cc(CN3CCCCC3)ccc21. The molecule has 44 heavy (non-hydrogen) atoms. The highest BCUT2D eigenvalue weighted by Crippen LogP contribution is 2.39. The lowest BCUT2D eigenvalue weighted by Gasteiger charge is -2.38. The minimum absolute atomic E-state index is 0.133. The Morgan fingerprint density at radius 2 is 1.75 bits per heavy atom. The molecule has 7 nitrogen and oxygen atoms in total. The molecule has 1 saturated heterocycles. The summed E-state index contributed by atoms with van der Waals surface area (Å²) >= 11 is 0. The maximum absolute atomic E-state index is 14.0. The Morgan fingerprint density at radius 3 is 2.55 bits per heavy atom. The largest absolute Gasteiger partial charge is 0.493 e. The van der Waals surface area contributed by atoms with Crippen molar-refractivity contribution in [3.8, 4) is 5.75 Å². The summed E-state index contributed by atoms with van der Waals surface area (Å²) in [4.78, 5) is 15.5. The third-order valence-electron chi connectivity index (χ3n) is 8.75. The number of amides is 1. The molecular weight excluding hydrogens is 591 g/mol. The predicted molar refractivity (Wildman–Crippen MR) is 161 cm³/mol. The standard InChI is InChI=1S/C33H36F3N3O4S/c34-33(35,36)25-8-6-9-27(20-25)44(41,42)39-26(13-12-24-7-2-3-10-30(24)39)21-32(40)37-29-15-18-43-31-19-23(11-14-28(29)31)22-38-16-4-1-5-17-38/h2-3,6-11,14,19-20,26,29H,1,4-5,12-13,15-18,21-22H2,(H,37,40)/t26-,29+/m0/s1. The molecular formula is C33H36F3N3O4S. The van der Waals surface area contributed by atoms with E-state index in [2.05, 4.69) is 16.3 Å². The first-order valence-corrected chi connectivity index (χ1v) is 16.6. The molecule has 0 unspecified atom stereocenters. The van der Waals surface area contributed by atoms with E-state index in [1.54, 1.807) is 24.3 Å². The van der Waals surface area contributed by atoms with E-state index in [9.17, 15) is 26.4 Å². The fourth-order valence-electron chi connectivity index (χ4n) is 6.56. The van der Waals surface area contributed by atoms with E-state index in [4.69, 9.17) is 4.74 Å². The van der Waals surface area contributed by atoms with Crippen molar-refractivity contribution < 1.29 is 31.1 Å². The van der Waals surface area contributed by atoms with Crippen LogP contribution in [0.2, 0.25) is 0 Å². The highest BCUT2D eigenvalue weighted by atomic mass is 32.2. The van der Waals surface area contributed by atoms with Gasteiger partial charge in [-0.25, -0.2) is 8.42 Å². The molecule has 3 aliphatic heterocycles. The molecule has 3 aliphatic rings. The molecule has 1 N–H and O–H groups in total. The number of anilines is 1. The van der Waals surface area contributed by atoms with Crippen LogP contribution in [0.3, 0.4) is 0 Å². The Hall–Kier alpha value is -3.57. The summed E-state index contributed by atoms with van der Waals surface area (Å²) in [7, 11) is -4.42. The molecule has 11 heteroatoms. The van der Waals surface area contributed by atoms with Crippen molar-refractivity contribution in [3.63, 3.8) is 0 Å². The van der Waals surface area contributed by atoms with Crippen molar-refractivity contribution in [1.82, 2.24) is 10.2 Å². The normalized spacial score (nSPS) is 20.8. The maximum atomic E-state index is 14.0. The van der Waals surface area contributed by atoms with Gasteiger partial charge in [0, 0.05) is 24.9 Å². The molecule has 6 rings (SSSR count). The van der Waals surface area contributed by atoms with Crippen molar-refractivity contribution in [2.45, 2.75) is 74.6 Å². The van der Waals surface area contributed by atoms with E-state index in [1.807, 2.05) is 12.1 Å². The van der Waals surface area contributed by atoms with Crippen molar-refractivity contribution in [3.05, 3.63) is 89.0 Å². The smallest absolute Gasteiger partial charge is 0.416 e. The van der Waals surface area contributed by atoms with Crippen LogP contribution in [0.4, 0.5) is 18.9 Å². The summed E-state index contributed by atoms with van der Waals surface area (Å²) in [6.45, 7) is 3.47. The lowest BCUT2D eigenvalue weighted by Crippen LogP contribution is -2.46. The van der Waals surface area contributed by atoms with Crippen LogP contribution < -0.4 is 14.4 Å². The average Bonchev–Trinajstić information content (AvgIpc) is 3.01. The second kappa shape index (κ2) is 12.4. The quantitative estimate of drug-likeness (QED) is 0.336. The van der Waals surface area contributed by atoms with Crippen molar-refractivity contribution in [2.75, 3.05) is 24.0 Å². The first-order valence-electron chi connectivity index (χ1n) is 15.2. The molecule has 3 aromatic rings. The van der Waals surface area contributed by atoms with Crippen LogP contribution in [0.1, 0.15) is 66.8 Å². The number of fused-ring (bicyclic) bond motifs is 2. The summed E-state index contributed by atoms with van der Waals surface area (Å²) in [5.74, 6) is 0.422. The maximum Gasteiger partial charge on any atom is 0.416 e. The first-order chi connectivity index (χ1) is 21.1. The first kappa shape index (κ1) is 30.5. The zero-order valence-electron chi connectivity index (χ0n) is 24.4. The Morgan fingerprint density at radius 1 is 0.955 bits per heavy atom. The zero-order chi connectivity index (χ0) is 30.9. The number of piperidine rings is 1. The molecule has 1 fully saturated rings. The third-order valence-corrected chi connectivity index (χ3v) is 10.6. The van der Waals surface area contributed by atoms with E-state index in [0.29, 0.717) is 37.6 Å². The van der Waals surface area contributed by atoms with Crippen LogP contribution in [0, 0.1) is 0 Å². The van der Waals surface area contributed by atoms with E-state index in [0.717, 1.165) is 64.6 Å². The second-order valence-electron chi connectivity index (χ2n) is 11.8. The Labute approximate surface area is 256 Å². The van der Waals surface area contributed by atoms with Gasteiger partial charge in [0.05, 0.1) is 34.8 Å². The van der Waals surface area contributed by atoms with E-state index >= 15 is 0 Å². The number of carbonyl (C=O) groups is 1. The molecule has 1 amide bonds. The Bertz CT molecular complexity index is 1620. The number of nitrogens with one attached hydrogen (secondary N) is 1. The molecule has 0 saturated carbocycles. The van der Waals surface area contributed by atoms with Crippen molar-refractivity contribution in [1.29, 1.82) is 0 Å². The van der Waals surface area contributed by atoms with Crippen molar-refractivity contribution in [2.24, 2.45) is 0 Å². The fourth-order valence-corrected chi connectivity index (χ4v) is 8.32. The summed E-state index contributed by atoms with van der Waals surface area (Å²) in [5, 5.41) is 3.09. The number of nitrogens with zero attached hydrogens (tertiary/aromatic N) is 2. The molecule has 0 spiro atoms. The number of hydrogen-bond acceptors (Lipinski definition) is 5. The van der Waals surface area contributed by atoms with Gasteiger partial charge in [0.1, 0.15) is 5.75 Å². The van der Waals surface area contributed by atoms with Gasteiger partial charge in [-0.1, -0.05) is 42.8 Å². The summed E-state index contributed by atoms with van der Waals surface area (Å²) in [6.07, 6.45) is 0.333. The number of sulfonamides is 1. The summed E-state index contributed by atoms with van der Waals surface area (Å²) < 4.78 is 75.4. The number of hydrogen-bond donors (Lipinski definition) is 1. The lowest BCUT2D eigenvalue weighted by molar-refractivity contribution is -0.137. The van der Waals surface area contributed by atoms with Gasteiger partial charge in [0.25, 0.3) is 10.0 Å². The fraction of sp³-hybridized carbons (Fsp3) is 0.424. The monoisotopic (exact) mass is 627 g/mol. The minimum Gasteiger partial charge on any atom is -0.493 e. The molecule has 234 valence electrons. The number of carbonyl (C=O) groups excluding carboxylic acids is 1. The number of likely N-dealkylation sites (tertiary alicyclic amines) is 1. The number of rotatable bonds is 7. The third kappa shape index (κ3) is 6.44. The zero-order valence-corrected chi connectivity index (χ0v) is 25.2. The molecule has 0 radical (unpaired) electrons. The van der Waals surface area contributed by atoms with Gasteiger partial charge in [-0.05, 0) is 80.2 Å². The lowest BCUT2D eigenvalue weighted by atomic mass is 9.95. The Balaban J connectivity index is 1.21. The van der Waals surface area contributed by atoms with E-state index in [1.165, 1.54) is 19.3 Å². The van der Waals surface area contributed by atoms with Gasteiger partial charge >= 0.3 is 6.18 Å². The summed E-state index contributed by atoms with van der Waals surface area (Å²) in [5.41, 5.74) is 2.14. The number of para-hydroxylation sites is 1. The van der Waals surface area contributed by atoms with E-state index < -0.39 is 32.7 Å². The van der Waals surface area contributed by atoms with Crippen LogP contribution in [0.5, 0.6) is 5.75 Å². The second-order valence-corrected chi connectivity index (χ2v) is 13.6. The van der Waals surface area contributed by atoms with E-state index in [-0.39, 0.29) is 18.4 Å². The topological polar surface area (TPSA) is 79.0 Å². The molecule has 0 aliphatic carbocycles. The van der Waals surface area contributed by atoms with Gasteiger partial charge < -0.3 is 10.1 Å². The number of aryl methyl sites for hydroxylation is 1. The van der Waals surface area contributed by atoms with Crippen LogP contribution in [0.25, 0.3) is 0 Å². The molecule has 3 aromatic carbocycles. The van der Waals surface area contributed by atoms with Gasteiger partial charge in [0.15, 0.2) is 0 Å². The molecule has 0 bridgehead atoms. The Kier molecular flexibility index (Phi) is 8.61. The van der Waals surface area contributed by atoms with Crippen LogP contribution >= 0.6 is 0 Å². The van der Waals surface area contributed by atoms with Crippen LogP contribution in [-0.2, 0) is 34.0 Å². The number of halogens is 3. The highest BCUT2D eigenvalue weighted by Gasteiger charge is 2.39.